The van der Waals surface area contributed by atoms with E-state index >= 15 is 0 Å². The number of ether oxygens (including phenoxy) is 3. The van der Waals surface area contributed by atoms with Crippen LogP contribution in [0, 0.1) is 0 Å². The third-order valence-corrected chi connectivity index (χ3v) is 10.6. The highest BCUT2D eigenvalue weighted by Gasteiger charge is 2.25. The zero-order chi connectivity index (χ0) is 44.2. The Bertz CT molecular complexity index is 1170. The average molecular weight is 842 g/mol. The molecule has 0 heterocycles. The van der Waals surface area contributed by atoms with Crippen LogP contribution in [0.4, 0.5) is 0 Å². The second-order valence-electron chi connectivity index (χ2n) is 17.3. The van der Waals surface area contributed by atoms with Gasteiger partial charge in [-0.2, -0.15) is 0 Å². The Labute approximate surface area is 368 Å². The van der Waals surface area contributed by atoms with Crippen molar-refractivity contribution in [3.63, 3.8) is 0 Å². The van der Waals surface area contributed by atoms with Crippen molar-refractivity contribution in [2.45, 2.75) is 212 Å². The van der Waals surface area contributed by atoms with Crippen molar-refractivity contribution >= 4 is 17.9 Å². The summed E-state index contributed by atoms with van der Waals surface area (Å²) in [6.07, 6.45) is 52.4. The molecule has 0 saturated heterocycles. The maximum Gasteiger partial charge on any atom is 0.306 e. The Balaban J connectivity index is 4.32. The van der Waals surface area contributed by atoms with Crippen LogP contribution >= 0.6 is 0 Å². The molecule has 0 aliphatic carbocycles. The van der Waals surface area contributed by atoms with Crippen molar-refractivity contribution in [1.29, 1.82) is 0 Å². The summed E-state index contributed by atoms with van der Waals surface area (Å²) >= 11 is 0. The molecule has 2 unspecified atom stereocenters. The quantitative estimate of drug-likeness (QED) is 0.0261. The molecule has 0 aliphatic heterocycles. The smallest absolute Gasteiger partial charge is 0.306 e. The van der Waals surface area contributed by atoms with Crippen molar-refractivity contribution in [2.75, 3.05) is 41.0 Å². The predicted octanol–water partition coefficient (Wildman–Crippen LogP) is 12.4. The van der Waals surface area contributed by atoms with Gasteiger partial charge in [-0.15, -0.1) is 0 Å². The molecule has 0 rings (SSSR count). The third kappa shape index (κ3) is 40.4. The number of aliphatic carboxylic acids is 1. The number of carboxylic acids is 1. The molecule has 0 aromatic carbocycles. The zero-order valence-corrected chi connectivity index (χ0v) is 39.4. The Kier molecular flexibility index (Phi) is 40.6. The number of hydrogen-bond donors (Lipinski definition) is 0. The van der Waals surface area contributed by atoms with E-state index in [1.807, 2.05) is 0 Å². The first-order valence-corrected chi connectivity index (χ1v) is 24.3. The lowest BCUT2D eigenvalue weighted by Crippen LogP contribution is -2.55. The first-order chi connectivity index (χ1) is 29.1. The fourth-order valence-electron chi connectivity index (χ4n) is 6.88. The van der Waals surface area contributed by atoms with Gasteiger partial charge in [0.25, 0.3) is 0 Å². The zero-order valence-electron chi connectivity index (χ0n) is 39.4. The lowest BCUT2D eigenvalue weighted by Gasteiger charge is -2.34. The van der Waals surface area contributed by atoms with Crippen LogP contribution in [0.5, 0.6) is 0 Å². The fraction of sp³-hybridized carbons (Fsp3) is 0.750. The Morgan fingerprint density at radius 2 is 0.933 bits per heavy atom. The number of carboxylic acid groups (broad SMARTS) is 1. The molecular formula is C52H91NO7. The molecular weight excluding hydrogens is 751 g/mol. The molecule has 0 N–H and O–H groups in total. The summed E-state index contributed by atoms with van der Waals surface area (Å²) in [5.74, 6) is -1.77. The van der Waals surface area contributed by atoms with Crippen molar-refractivity contribution < 1.29 is 38.2 Å². The van der Waals surface area contributed by atoms with E-state index in [0.717, 1.165) is 77.0 Å². The second-order valence-corrected chi connectivity index (χ2v) is 17.3. The minimum Gasteiger partial charge on any atom is -0.544 e. The third-order valence-electron chi connectivity index (χ3n) is 10.6. The second kappa shape index (κ2) is 42.7. The standard InChI is InChI=1S/C52H91NO7/c1-6-8-10-12-14-16-18-20-22-24-25-27-28-30-32-34-36-38-40-42-50(54)59-47-48(46-58-45-44-49(52(56)57)53(3,4)5)60-51(55)43-41-39-37-35-33-31-29-26-23-21-19-17-15-13-11-9-7-2/h9,11,15,17,20-23,29,31,48-49H,6-8,10,12-14,16,18-19,24-28,30,32-47H2,1-5H3/b11-9-,17-15-,22-20-,23-21-,31-29-. The maximum absolute atomic E-state index is 12.7. The van der Waals surface area contributed by atoms with Gasteiger partial charge >= 0.3 is 11.9 Å². The minimum atomic E-state index is -1.13. The molecule has 0 aliphatic rings. The van der Waals surface area contributed by atoms with Crippen LogP contribution in [0.1, 0.15) is 200 Å². The van der Waals surface area contributed by atoms with Gasteiger partial charge in [-0.05, 0) is 77.0 Å². The average Bonchev–Trinajstić information content (AvgIpc) is 3.21. The van der Waals surface area contributed by atoms with Crippen LogP contribution in [-0.2, 0) is 28.6 Å². The molecule has 0 aromatic heterocycles. The number of nitrogens with zero attached hydrogens (tertiary/aromatic N) is 1. The van der Waals surface area contributed by atoms with Gasteiger partial charge in [-0.1, -0.05) is 164 Å². The van der Waals surface area contributed by atoms with E-state index in [1.165, 1.54) is 89.9 Å². The minimum absolute atomic E-state index is 0.0285. The summed E-state index contributed by atoms with van der Waals surface area (Å²) < 4.78 is 17.2. The Morgan fingerprint density at radius 3 is 1.40 bits per heavy atom. The monoisotopic (exact) mass is 842 g/mol. The molecule has 346 valence electrons. The SMILES string of the molecule is CC/C=C\C/C=C\C/C=C\C/C=C\CCCCCCC(=O)OC(COCCC(C(=O)[O-])[N+](C)(C)C)COC(=O)CCCCCCCCCCC/C=C\CCCCCCCC. The van der Waals surface area contributed by atoms with E-state index in [-0.39, 0.29) is 42.7 Å². The lowest BCUT2D eigenvalue weighted by atomic mass is 10.1. The summed E-state index contributed by atoms with van der Waals surface area (Å²) in [4.78, 5) is 37.0. The summed E-state index contributed by atoms with van der Waals surface area (Å²) in [6, 6.07) is -0.733. The molecule has 0 saturated carbocycles. The van der Waals surface area contributed by atoms with Gasteiger partial charge in [0.05, 0.1) is 40.3 Å². The molecule has 8 nitrogen and oxygen atoms in total. The predicted molar refractivity (Wildman–Crippen MR) is 249 cm³/mol. The molecule has 0 amide bonds. The number of carbonyl (C=O) groups excluding carboxylic acids is 3. The van der Waals surface area contributed by atoms with Crippen LogP contribution in [0.3, 0.4) is 0 Å². The largest absolute Gasteiger partial charge is 0.544 e. The first kappa shape index (κ1) is 57.0. The normalized spacial score (nSPS) is 13.4. The number of esters is 2. The van der Waals surface area contributed by atoms with E-state index in [4.69, 9.17) is 14.2 Å². The van der Waals surface area contributed by atoms with Crippen LogP contribution in [-0.4, -0.2) is 75.5 Å². The maximum atomic E-state index is 12.7. The highest BCUT2D eigenvalue weighted by atomic mass is 16.6. The Morgan fingerprint density at radius 1 is 0.517 bits per heavy atom. The number of quaternary nitrogens is 1. The number of unbranched alkanes of at least 4 members (excludes halogenated alkanes) is 19. The first-order valence-electron chi connectivity index (χ1n) is 24.3. The van der Waals surface area contributed by atoms with Gasteiger partial charge < -0.3 is 28.6 Å². The van der Waals surface area contributed by atoms with Crippen molar-refractivity contribution in [2.24, 2.45) is 0 Å². The van der Waals surface area contributed by atoms with Gasteiger partial charge in [0, 0.05) is 19.3 Å². The topological polar surface area (TPSA) is 102 Å². The van der Waals surface area contributed by atoms with Gasteiger partial charge in [0.1, 0.15) is 12.6 Å². The number of carbonyl (C=O) groups is 3. The number of allylic oxidation sites excluding steroid dienone is 10. The number of rotatable bonds is 43. The van der Waals surface area contributed by atoms with E-state index in [1.54, 1.807) is 21.1 Å². The molecule has 8 heteroatoms. The summed E-state index contributed by atoms with van der Waals surface area (Å²) in [7, 11) is 5.40. The molecule has 0 aromatic rings. The van der Waals surface area contributed by atoms with Gasteiger partial charge in [-0.3, -0.25) is 9.59 Å². The number of likely N-dealkylation sites (N-methyl/N-ethyl adjacent to an activating group) is 1. The lowest BCUT2D eigenvalue weighted by molar-refractivity contribution is -0.889. The van der Waals surface area contributed by atoms with E-state index < -0.39 is 18.1 Å². The molecule has 0 fully saturated rings. The number of hydrogen-bond acceptors (Lipinski definition) is 7. The molecule has 0 bridgehead atoms. The summed E-state index contributed by atoms with van der Waals surface area (Å²) in [5.41, 5.74) is 0. The molecule has 60 heavy (non-hydrogen) atoms. The van der Waals surface area contributed by atoms with Crippen LogP contribution in [0.2, 0.25) is 0 Å². The molecule has 2 atom stereocenters. The van der Waals surface area contributed by atoms with Gasteiger partial charge in [-0.25, -0.2) is 0 Å². The Hall–Kier alpha value is -2.97. The fourth-order valence-corrected chi connectivity index (χ4v) is 6.88. The van der Waals surface area contributed by atoms with Crippen molar-refractivity contribution in [1.82, 2.24) is 0 Å². The molecule has 0 spiro atoms. The van der Waals surface area contributed by atoms with Gasteiger partial charge in [0.15, 0.2) is 6.10 Å². The van der Waals surface area contributed by atoms with Gasteiger partial charge in [0.2, 0.25) is 0 Å². The summed E-state index contributed by atoms with van der Waals surface area (Å²) in [5, 5.41) is 11.6. The summed E-state index contributed by atoms with van der Waals surface area (Å²) in [6.45, 7) is 4.52. The van der Waals surface area contributed by atoms with Crippen LogP contribution < -0.4 is 5.11 Å². The van der Waals surface area contributed by atoms with Crippen molar-refractivity contribution in [3.8, 4) is 0 Å². The highest BCUT2D eigenvalue weighted by molar-refractivity contribution is 5.70. The van der Waals surface area contributed by atoms with Crippen LogP contribution in [0.25, 0.3) is 0 Å². The molecule has 0 radical (unpaired) electrons. The van der Waals surface area contributed by atoms with E-state index in [9.17, 15) is 19.5 Å². The van der Waals surface area contributed by atoms with E-state index in [2.05, 4.69) is 74.6 Å². The van der Waals surface area contributed by atoms with Crippen molar-refractivity contribution in [3.05, 3.63) is 60.8 Å². The van der Waals surface area contributed by atoms with Crippen LogP contribution in [0.15, 0.2) is 60.8 Å². The van der Waals surface area contributed by atoms with E-state index in [0.29, 0.717) is 12.8 Å². The highest BCUT2D eigenvalue weighted by Crippen LogP contribution is 2.14.